The van der Waals surface area contributed by atoms with Gasteiger partial charge in [0.2, 0.25) is 0 Å². The third kappa shape index (κ3) is 6.47. The largest absolute Gasteiger partial charge is 0.357 e. The number of rotatable bonds is 8. The molecule has 1 heterocycles. The number of carbonyl (C=O) groups excluding carboxylic acids is 2. The van der Waals surface area contributed by atoms with Gasteiger partial charge in [-0.25, -0.2) is 4.79 Å². The van der Waals surface area contributed by atoms with Gasteiger partial charge in [0.1, 0.15) is 5.54 Å². The summed E-state index contributed by atoms with van der Waals surface area (Å²) in [5, 5.41) is 10.0. The third-order valence-electron chi connectivity index (χ3n) is 4.93. The van der Waals surface area contributed by atoms with Gasteiger partial charge in [0.05, 0.1) is 6.04 Å². The molecular formula is C20H31ClIN5O2. The highest BCUT2D eigenvalue weighted by Gasteiger charge is 2.45. The highest BCUT2D eigenvalue weighted by molar-refractivity contribution is 14.0. The van der Waals surface area contributed by atoms with Crippen LogP contribution in [-0.2, 0) is 4.79 Å². The average molecular weight is 536 g/mol. The minimum Gasteiger partial charge on any atom is -0.357 e. The first-order valence-corrected chi connectivity index (χ1v) is 10.1. The van der Waals surface area contributed by atoms with Crippen LogP contribution in [0, 0.1) is 0 Å². The van der Waals surface area contributed by atoms with Crippen molar-refractivity contribution in [1.82, 2.24) is 20.9 Å². The molecule has 2 rings (SSSR count). The molecule has 0 spiro atoms. The number of carbonyl (C=O) groups is 2. The summed E-state index contributed by atoms with van der Waals surface area (Å²) in [4.78, 5) is 30.3. The molecule has 2 atom stereocenters. The molecule has 0 radical (unpaired) electrons. The van der Waals surface area contributed by atoms with Crippen LogP contribution in [0.15, 0.2) is 29.3 Å². The Balaban J connectivity index is 0.00000420. The molecule has 1 fully saturated rings. The molecule has 3 N–H and O–H groups in total. The van der Waals surface area contributed by atoms with E-state index in [9.17, 15) is 9.59 Å². The second-order valence-electron chi connectivity index (χ2n) is 7.07. The van der Waals surface area contributed by atoms with Crippen LogP contribution in [0.1, 0.15) is 52.1 Å². The van der Waals surface area contributed by atoms with E-state index in [1.54, 1.807) is 6.92 Å². The van der Waals surface area contributed by atoms with Crippen LogP contribution < -0.4 is 16.0 Å². The van der Waals surface area contributed by atoms with E-state index in [0.717, 1.165) is 12.1 Å². The van der Waals surface area contributed by atoms with Crippen molar-refractivity contribution in [3.05, 3.63) is 34.9 Å². The smallest absolute Gasteiger partial charge is 0.325 e. The van der Waals surface area contributed by atoms with E-state index in [0.29, 0.717) is 36.9 Å². The molecular weight excluding hydrogens is 505 g/mol. The number of hydrogen-bond acceptors (Lipinski definition) is 3. The number of aliphatic imine (C=N–C) groups is 1. The Morgan fingerprint density at radius 3 is 2.59 bits per heavy atom. The number of nitrogens with one attached hydrogen (secondary N) is 3. The quantitative estimate of drug-likeness (QED) is 0.156. The van der Waals surface area contributed by atoms with Crippen molar-refractivity contribution in [3.63, 3.8) is 0 Å². The molecule has 3 amide bonds. The predicted octanol–water partition coefficient (Wildman–Crippen LogP) is 3.68. The molecule has 7 nitrogen and oxygen atoms in total. The summed E-state index contributed by atoms with van der Waals surface area (Å²) < 4.78 is 0. The Kier molecular flexibility index (Phi) is 10.2. The fourth-order valence-electron chi connectivity index (χ4n) is 3.04. The average Bonchev–Trinajstić information content (AvgIpc) is 2.88. The van der Waals surface area contributed by atoms with Crippen LogP contribution in [0.4, 0.5) is 4.79 Å². The lowest BCUT2D eigenvalue weighted by Crippen LogP contribution is -2.43. The fourth-order valence-corrected chi connectivity index (χ4v) is 3.34. The number of guanidine groups is 1. The van der Waals surface area contributed by atoms with Crippen molar-refractivity contribution in [1.29, 1.82) is 0 Å². The maximum atomic E-state index is 12.4. The monoisotopic (exact) mass is 535 g/mol. The molecule has 0 aliphatic carbocycles. The van der Waals surface area contributed by atoms with Gasteiger partial charge < -0.3 is 16.0 Å². The van der Waals surface area contributed by atoms with Gasteiger partial charge in [0.15, 0.2) is 5.96 Å². The maximum absolute atomic E-state index is 12.4. The number of imide groups is 1. The second kappa shape index (κ2) is 11.6. The van der Waals surface area contributed by atoms with E-state index in [2.05, 4.69) is 20.9 Å². The number of amides is 3. The first-order chi connectivity index (χ1) is 13.3. The van der Waals surface area contributed by atoms with E-state index >= 15 is 0 Å². The van der Waals surface area contributed by atoms with Gasteiger partial charge in [-0.1, -0.05) is 36.7 Å². The number of halogens is 2. The van der Waals surface area contributed by atoms with Crippen LogP contribution in [-0.4, -0.2) is 48.0 Å². The summed E-state index contributed by atoms with van der Waals surface area (Å²) in [5.41, 5.74) is 0.203. The van der Waals surface area contributed by atoms with Gasteiger partial charge in [0.25, 0.3) is 5.91 Å². The minimum atomic E-state index is -0.790. The number of nitrogens with zero attached hydrogens (tertiary/aromatic N) is 2. The van der Waals surface area contributed by atoms with Crippen LogP contribution in [0.25, 0.3) is 0 Å². The van der Waals surface area contributed by atoms with E-state index < -0.39 is 5.54 Å². The van der Waals surface area contributed by atoms with Gasteiger partial charge >= 0.3 is 6.03 Å². The van der Waals surface area contributed by atoms with Crippen molar-refractivity contribution in [2.24, 2.45) is 4.99 Å². The van der Waals surface area contributed by atoms with Gasteiger partial charge in [-0.2, -0.15) is 0 Å². The summed E-state index contributed by atoms with van der Waals surface area (Å²) >= 11 is 6.27. The Bertz CT molecular complexity index is 745. The number of hydrogen-bond donors (Lipinski definition) is 3. The Labute approximate surface area is 195 Å². The molecule has 1 aromatic rings. The first kappa shape index (κ1) is 25.5. The van der Waals surface area contributed by atoms with Crippen LogP contribution >= 0.6 is 35.6 Å². The molecule has 1 aliphatic heterocycles. The van der Waals surface area contributed by atoms with E-state index in [-0.39, 0.29) is 42.0 Å². The van der Waals surface area contributed by atoms with Gasteiger partial charge in [-0.05, 0) is 45.2 Å². The first-order valence-electron chi connectivity index (χ1n) is 9.75. The van der Waals surface area contributed by atoms with Crippen molar-refractivity contribution >= 4 is 53.5 Å². The second-order valence-corrected chi connectivity index (χ2v) is 7.48. The third-order valence-corrected chi connectivity index (χ3v) is 5.28. The summed E-state index contributed by atoms with van der Waals surface area (Å²) in [6.45, 7) is 9.23. The zero-order valence-electron chi connectivity index (χ0n) is 17.4. The molecule has 0 saturated carbocycles. The lowest BCUT2D eigenvalue weighted by atomic mass is 9.99. The topological polar surface area (TPSA) is 85.8 Å². The van der Waals surface area contributed by atoms with Crippen LogP contribution in [0.5, 0.6) is 0 Å². The summed E-state index contributed by atoms with van der Waals surface area (Å²) in [7, 11) is 0. The van der Waals surface area contributed by atoms with Crippen LogP contribution in [0.2, 0.25) is 5.02 Å². The number of benzene rings is 1. The summed E-state index contributed by atoms with van der Waals surface area (Å²) in [5.74, 6) is 0.506. The van der Waals surface area contributed by atoms with Crippen LogP contribution in [0.3, 0.4) is 0 Å². The Morgan fingerprint density at radius 2 is 2.00 bits per heavy atom. The molecule has 0 aromatic heterocycles. The van der Waals surface area contributed by atoms with Crippen molar-refractivity contribution in [3.8, 4) is 0 Å². The van der Waals surface area contributed by atoms with Crippen molar-refractivity contribution in [2.45, 2.75) is 52.1 Å². The maximum Gasteiger partial charge on any atom is 0.325 e. The molecule has 1 saturated heterocycles. The molecule has 2 unspecified atom stereocenters. The molecule has 9 heteroatoms. The minimum absolute atomic E-state index is 0. The van der Waals surface area contributed by atoms with E-state index in [1.807, 2.05) is 45.0 Å². The lowest BCUT2D eigenvalue weighted by molar-refractivity contribution is -0.130. The van der Waals surface area contributed by atoms with E-state index in [4.69, 9.17) is 11.6 Å². The lowest BCUT2D eigenvalue weighted by Gasteiger charge is -2.20. The summed E-state index contributed by atoms with van der Waals surface area (Å²) in [6, 6.07) is 7.36. The number of urea groups is 1. The molecule has 1 aliphatic rings. The molecule has 0 bridgehead atoms. The predicted molar refractivity (Wildman–Crippen MR) is 128 cm³/mol. The van der Waals surface area contributed by atoms with E-state index in [1.165, 1.54) is 4.90 Å². The summed E-state index contributed by atoms with van der Waals surface area (Å²) in [6.07, 6.45) is 1.16. The zero-order chi connectivity index (χ0) is 20.7. The van der Waals surface area contributed by atoms with Gasteiger partial charge in [-0.3, -0.25) is 14.7 Å². The fraction of sp³-hybridized carbons (Fsp3) is 0.550. The molecule has 162 valence electrons. The van der Waals surface area contributed by atoms with Gasteiger partial charge in [-0.15, -0.1) is 24.0 Å². The molecule has 29 heavy (non-hydrogen) atoms. The van der Waals surface area contributed by atoms with Gasteiger partial charge in [0, 0.05) is 24.7 Å². The highest BCUT2D eigenvalue weighted by Crippen LogP contribution is 2.22. The Morgan fingerprint density at radius 1 is 1.31 bits per heavy atom. The molecule has 1 aromatic carbocycles. The SMILES string of the molecule is CCNC(=NCCCN1C(=O)NC(C)(CC)C1=O)NC(C)c1ccccc1Cl.I. The Hall–Kier alpha value is -1.55. The normalized spacial score (nSPS) is 20.2. The standard InChI is InChI=1S/C20H30ClN5O2.HI/c1-5-20(4)17(27)26(19(28)25-20)13-9-12-23-18(22-6-2)24-14(3)15-10-7-8-11-16(15)21;/h7-8,10-11,14H,5-6,9,12-13H2,1-4H3,(H,25,28)(H2,22,23,24);1H. The van der Waals surface area contributed by atoms with Crippen molar-refractivity contribution in [2.75, 3.05) is 19.6 Å². The van der Waals surface area contributed by atoms with Crippen molar-refractivity contribution < 1.29 is 9.59 Å². The highest BCUT2D eigenvalue weighted by atomic mass is 127. The zero-order valence-corrected chi connectivity index (χ0v) is 20.5.